The molecule has 19 heavy (non-hydrogen) atoms. The highest BCUT2D eigenvalue weighted by atomic mass is 15.3. The summed E-state index contributed by atoms with van der Waals surface area (Å²) in [7, 11) is 1.98. The summed E-state index contributed by atoms with van der Waals surface area (Å²) in [5.74, 6) is 1.02. The number of hydrogen-bond acceptors (Lipinski definition) is 4. The highest BCUT2D eigenvalue weighted by Crippen LogP contribution is 2.09. The van der Waals surface area contributed by atoms with E-state index in [-0.39, 0.29) is 0 Å². The summed E-state index contributed by atoms with van der Waals surface area (Å²) < 4.78 is 1.97. The molecule has 0 bridgehead atoms. The maximum atomic E-state index is 4.37. The molecule has 0 spiro atoms. The maximum absolute atomic E-state index is 4.37. The van der Waals surface area contributed by atoms with Gasteiger partial charge in [-0.25, -0.2) is 9.67 Å². The molecular formula is C14H21N5. The largest absolute Gasteiger partial charge is 0.316 e. The molecule has 0 aromatic carbocycles. The molecule has 0 saturated carbocycles. The van der Waals surface area contributed by atoms with Crippen molar-refractivity contribution in [3.8, 4) is 0 Å². The van der Waals surface area contributed by atoms with Gasteiger partial charge in [0.25, 0.3) is 0 Å². The molecule has 0 fully saturated rings. The molecule has 0 radical (unpaired) electrons. The van der Waals surface area contributed by atoms with Gasteiger partial charge < -0.3 is 5.32 Å². The Morgan fingerprint density at radius 3 is 2.68 bits per heavy atom. The molecule has 1 N–H and O–H groups in total. The Balaban J connectivity index is 2.05. The van der Waals surface area contributed by atoms with Gasteiger partial charge in [-0.1, -0.05) is 6.07 Å². The van der Waals surface area contributed by atoms with Crippen molar-refractivity contribution in [1.82, 2.24) is 25.1 Å². The summed E-state index contributed by atoms with van der Waals surface area (Å²) in [4.78, 5) is 8.73. The van der Waals surface area contributed by atoms with Crippen molar-refractivity contribution in [3.63, 3.8) is 0 Å². The molecule has 2 heterocycles. The zero-order valence-corrected chi connectivity index (χ0v) is 11.7. The van der Waals surface area contributed by atoms with Gasteiger partial charge in [-0.15, -0.1) is 0 Å². The van der Waals surface area contributed by atoms with Gasteiger partial charge in [0.15, 0.2) is 0 Å². The highest BCUT2D eigenvalue weighted by molar-refractivity contribution is 5.06. The minimum absolute atomic E-state index is 0.316. The summed E-state index contributed by atoms with van der Waals surface area (Å²) in [6, 6.07) is 6.66. The molecule has 2 rings (SSSR count). The van der Waals surface area contributed by atoms with Crippen molar-refractivity contribution >= 4 is 0 Å². The first kappa shape index (κ1) is 13.7. The minimum atomic E-state index is 0.316. The van der Waals surface area contributed by atoms with Crippen LogP contribution in [-0.4, -0.2) is 32.8 Å². The third-order valence-electron chi connectivity index (χ3n) is 3.16. The second kappa shape index (κ2) is 6.43. The topological polar surface area (TPSA) is 55.6 Å². The quantitative estimate of drug-likeness (QED) is 0.856. The molecule has 0 amide bonds. The van der Waals surface area contributed by atoms with Crippen molar-refractivity contribution in [1.29, 1.82) is 0 Å². The van der Waals surface area contributed by atoms with Crippen LogP contribution in [0.25, 0.3) is 0 Å². The van der Waals surface area contributed by atoms with Crippen LogP contribution >= 0.6 is 0 Å². The average Bonchev–Trinajstić information content (AvgIpc) is 2.87. The summed E-state index contributed by atoms with van der Waals surface area (Å²) in [6.07, 6.45) is 5.20. The number of nitrogens with zero attached hydrogens (tertiary/aromatic N) is 4. The summed E-state index contributed by atoms with van der Waals surface area (Å²) >= 11 is 0. The van der Waals surface area contributed by atoms with Crippen LogP contribution in [0.15, 0.2) is 30.7 Å². The maximum Gasteiger partial charge on any atom is 0.138 e. The molecule has 2 aromatic rings. The predicted octanol–water partition coefficient (Wildman–Crippen LogP) is 1.63. The Hall–Kier alpha value is -1.75. The third kappa shape index (κ3) is 3.61. The average molecular weight is 259 g/mol. The predicted molar refractivity (Wildman–Crippen MR) is 74.9 cm³/mol. The highest BCUT2D eigenvalue weighted by Gasteiger charge is 2.14. The molecule has 0 saturated heterocycles. The third-order valence-corrected chi connectivity index (χ3v) is 3.16. The Labute approximate surface area is 114 Å². The monoisotopic (exact) mass is 259 g/mol. The molecule has 0 aliphatic heterocycles. The Kier molecular flexibility index (Phi) is 4.63. The van der Waals surface area contributed by atoms with E-state index < -0.39 is 0 Å². The first-order valence-electron chi connectivity index (χ1n) is 6.66. The summed E-state index contributed by atoms with van der Waals surface area (Å²) in [5, 5.41) is 7.61. The molecule has 0 aliphatic rings. The second-order valence-corrected chi connectivity index (χ2v) is 4.93. The van der Waals surface area contributed by atoms with E-state index in [1.807, 2.05) is 30.1 Å². The minimum Gasteiger partial charge on any atom is -0.316 e. The molecule has 5 nitrogen and oxygen atoms in total. The number of aromatic nitrogens is 4. The Bertz CT molecular complexity index is 492. The van der Waals surface area contributed by atoms with E-state index in [1.165, 1.54) is 0 Å². The fourth-order valence-corrected chi connectivity index (χ4v) is 2.12. The van der Waals surface area contributed by atoms with E-state index in [4.69, 9.17) is 0 Å². The lowest BCUT2D eigenvalue weighted by molar-refractivity contribution is 0.468. The number of pyridine rings is 1. The molecule has 0 aliphatic carbocycles. The summed E-state index contributed by atoms with van der Waals surface area (Å²) in [5.41, 5.74) is 1.09. The van der Waals surface area contributed by atoms with Crippen LogP contribution in [0.3, 0.4) is 0 Å². The second-order valence-electron chi connectivity index (χ2n) is 4.93. The lowest BCUT2D eigenvalue weighted by atomic mass is 10.1. The lowest BCUT2D eigenvalue weighted by Gasteiger charge is -2.17. The number of nitrogens with one attached hydrogen (secondary N) is 1. The SMILES string of the molecule is CNC(Cc1ccccn1)Cc1ncnn1C(C)C. The normalized spacial score (nSPS) is 12.8. The first-order chi connectivity index (χ1) is 9.20. The van der Waals surface area contributed by atoms with E-state index in [0.29, 0.717) is 12.1 Å². The van der Waals surface area contributed by atoms with Gasteiger partial charge in [-0.3, -0.25) is 4.98 Å². The van der Waals surface area contributed by atoms with Crippen molar-refractivity contribution in [2.75, 3.05) is 7.05 Å². The van der Waals surface area contributed by atoms with Crippen LogP contribution in [0.4, 0.5) is 0 Å². The Morgan fingerprint density at radius 2 is 2.05 bits per heavy atom. The van der Waals surface area contributed by atoms with Gasteiger partial charge in [-0.2, -0.15) is 5.10 Å². The van der Waals surface area contributed by atoms with Crippen LogP contribution in [0, 0.1) is 0 Å². The number of likely N-dealkylation sites (N-methyl/N-ethyl adjacent to an activating group) is 1. The van der Waals surface area contributed by atoms with E-state index in [2.05, 4.69) is 40.3 Å². The zero-order chi connectivity index (χ0) is 13.7. The van der Waals surface area contributed by atoms with Crippen LogP contribution in [0.2, 0.25) is 0 Å². The van der Waals surface area contributed by atoms with Crippen molar-refractivity contribution < 1.29 is 0 Å². The van der Waals surface area contributed by atoms with Gasteiger partial charge in [-0.05, 0) is 33.0 Å². The number of hydrogen-bond donors (Lipinski definition) is 1. The van der Waals surface area contributed by atoms with Crippen molar-refractivity contribution in [2.45, 2.75) is 38.8 Å². The molecule has 1 unspecified atom stereocenters. The fraction of sp³-hybridized carbons (Fsp3) is 0.500. The van der Waals surface area contributed by atoms with E-state index in [1.54, 1.807) is 6.33 Å². The number of rotatable bonds is 6. The molecule has 5 heteroatoms. The zero-order valence-electron chi connectivity index (χ0n) is 11.7. The van der Waals surface area contributed by atoms with Gasteiger partial charge in [0, 0.05) is 36.8 Å². The van der Waals surface area contributed by atoms with Gasteiger partial charge in [0.1, 0.15) is 12.2 Å². The fourth-order valence-electron chi connectivity index (χ4n) is 2.12. The summed E-state index contributed by atoms with van der Waals surface area (Å²) in [6.45, 7) is 4.23. The molecule has 2 aromatic heterocycles. The lowest BCUT2D eigenvalue weighted by Crippen LogP contribution is -2.31. The molecule has 1 atom stereocenters. The van der Waals surface area contributed by atoms with E-state index in [9.17, 15) is 0 Å². The van der Waals surface area contributed by atoms with Gasteiger partial charge >= 0.3 is 0 Å². The Morgan fingerprint density at radius 1 is 1.21 bits per heavy atom. The molecule has 102 valence electrons. The van der Waals surface area contributed by atoms with Gasteiger partial charge in [0.2, 0.25) is 0 Å². The first-order valence-corrected chi connectivity index (χ1v) is 6.66. The van der Waals surface area contributed by atoms with Crippen LogP contribution < -0.4 is 5.32 Å². The van der Waals surface area contributed by atoms with E-state index >= 15 is 0 Å². The van der Waals surface area contributed by atoms with Crippen LogP contribution in [0.5, 0.6) is 0 Å². The van der Waals surface area contributed by atoms with Crippen molar-refractivity contribution in [3.05, 3.63) is 42.2 Å². The standard InChI is InChI=1S/C14H21N5/c1-11(2)19-14(17-10-18-19)9-13(15-3)8-12-6-4-5-7-16-12/h4-7,10-11,13,15H,8-9H2,1-3H3. The van der Waals surface area contributed by atoms with Crippen molar-refractivity contribution in [2.24, 2.45) is 0 Å². The smallest absolute Gasteiger partial charge is 0.138 e. The van der Waals surface area contributed by atoms with Crippen LogP contribution in [0.1, 0.15) is 31.4 Å². The van der Waals surface area contributed by atoms with Gasteiger partial charge in [0.05, 0.1) is 0 Å². The van der Waals surface area contributed by atoms with Crippen LogP contribution in [-0.2, 0) is 12.8 Å². The van der Waals surface area contributed by atoms with E-state index in [0.717, 1.165) is 24.4 Å². The molecular weight excluding hydrogens is 238 g/mol.